The smallest absolute Gasteiger partial charge is 0.354 e. The molecule has 1 saturated heterocycles. The molecule has 0 bridgehead atoms. The Labute approximate surface area is 135 Å². The molecule has 2 aromatic rings. The SMILES string of the molecule is COC(=O)c1cc2oc(C)c(C)c2n1CC(O)CN1CCCC1. The molecule has 1 unspecified atom stereocenters. The molecule has 0 amide bonds. The zero-order chi connectivity index (χ0) is 16.6. The van der Waals surface area contributed by atoms with Crippen molar-refractivity contribution in [1.29, 1.82) is 0 Å². The van der Waals surface area contributed by atoms with Crippen LogP contribution in [0.2, 0.25) is 0 Å². The molecule has 0 aliphatic carbocycles. The standard InChI is InChI=1S/C17H24N2O4/c1-11-12(2)23-15-8-14(17(21)22-3)19(16(11)15)10-13(20)9-18-6-4-5-7-18/h8,13,20H,4-7,9-10H2,1-3H3. The van der Waals surface area contributed by atoms with Gasteiger partial charge in [-0.2, -0.15) is 0 Å². The zero-order valence-electron chi connectivity index (χ0n) is 14.0. The second kappa shape index (κ2) is 6.37. The number of methoxy groups -OCH3 is 1. The first-order chi connectivity index (χ1) is 11.0. The number of carbonyl (C=O) groups excluding carboxylic acids is 1. The molecule has 0 radical (unpaired) electrons. The summed E-state index contributed by atoms with van der Waals surface area (Å²) in [4.78, 5) is 14.3. The highest BCUT2D eigenvalue weighted by Gasteiger charge is 2.24. The first kappa shape index (κ1) is 16.1. The fourth-order valence-corrected chi connectivity index (χ4v) is 3.39. The predicted octanol–water partition coefficient (Wildman–Crippen LogP) is 2.09. The van der Waals surface area contributed by atoms with Gasteiger partial charge >= 0.3 is 5.97 Å². The number of nitrogens with zero attached hydrogens (tertiary/aromatic N) is 2. The van der Waals surface area contributed by atoms with Gasteiger partial charge in [-0.25, -0.2) is 4.79 Å². The van der Waals surface area contributed by atoms with Crippen LogP contribution < -0.4 is 0 Å². The maximum atomic E-state index is 12.0. The van der Waals surface area contributed by atoms with Crippen molar-refractivity contribution in [3.8, 4) is 0 Å². The second-order valence-corrected chi connectivity index (χ2v) is 6.29. The van der Waals surface area contributed by atoms with Crippen LogP contribution in [0.3, 0.4) is 0 Å². The molecule has 0 saturated carbocycles. The van der Waals surface area contributed by atoms with Crippen molar-refractivity contribution in [3.05, 3.63) is 23.1 Å². The third kappa shape index (κ3) is 3.01. The Morgan fingerprint density at radius 1 is 1.35 bits per heavy atom. The molecule has 126 valence electrons. The highest BCUT2D eigenvalue weighted by Crippen LogP contribution is 2.29. The Kier molecular flexibility index (Phi) is 4.46. The normalized spacial score (nSPS) is 17.0. The van der Waals surface area contributed by atoms with Crippen molar-refractivity contribution >= 4 is 17.1 Å². The quantitative estimate of drug-likeness (QED) is 0.855. The van der Waals surface area contributed by atoms with Crippen molar-refractivity contribution in [2.45, 2.75) is 39.3 Å². The van der Waals surface area contributed by atoms with Crippen LogP contribution in [-0.2, 0) is 11.3 Å². The minimum Gasteiger partial charge on any atom is -0.464 e. The van der Waals surface area contributed by atoms with Crippen LogP contribution >= 0.6 is 0 Å². The third-order valence-electron chi connectivity index (χ3n) is 4.66. The number of aliphatic hydroxyl groups excluding tert-OH is 1. The molecule has 3 rings (SSSR count). The highest BCUT2D eigenvalue weighted by atomic mass is 16.5. The number of β-amino-alcohol motifs (C(OH)–C–C–N with tert-alkyl or cyclic N) is 1. The fraction of sp³-hybridized carbons (Fsp3) is 0.588. The molecule has 2 aromatic heterocycles. The number of rotatable bonds is 5. The van der Waals surface area contributed by atoms with Gasteiger partial charge in [0.1, 0.15) is 11.5 Å². The molecule has 6 nitrogen and oxygen atoms in total. The number of carbonyl (C=O) groups is 1. The average molecular weight is 320 g/mol. The molecular weight excluding hydrogens is 296 g/mol. The van der Waals surface area contributed by atoms with Gasteiger partial charge in [-0.3, -0.25) is 0 Å². The number of fused-ring (bicyclic) bond motifs is 1. The molecule has 1 aliphatic heterocycles. The fourth-order valence-electron chi connectivity index (χ4n) is 3.39. The summed E-state index contributed by atoms with van der Waals surface area (Å²) in [7, 11) is 1.36. The summed E-state index contributed by atoms with van der Waals surface area (Å²) in [6.07, 6.45) is 1.84. The van der Waals surface area contributed by atoms with Crippen LogP contribution in [0.25, 0.3) is 11.1 Å². The van der Waals surface area contributed by atoms with Gasteiger partial charge in [0.25, 0.3) is 0 Å². The average Bonchev–Trinajstić information content (AvgIpc) is 3.19. The van der Waals surface area contributed by atoms with Crippen LogP contribution in [-0.4, -0.2) is 53.4 Å². The van der Waals surface area contributed by atoms with E-state index in [2.05, 4.69) is 4.90 Å². The number of hydrogen-bond donors (Lipinski definition) is 1. The molecule has 1 atom stereocenters. The van der Waals surface area contributed by atoms with E-state index < -0.39 is 12.1 Å². The molecule has 23 heavy (non-hydrogen) atoms. The predicted molar refractivity (Wildman–Crippen MR) is 86.7 cm³/mol. The van der Waals surface area contributed by atoms with Crippen molar-refractivity contribution in [2.24, 2.45) is 0 Å². The molecule has 1 N–H and O–H groups in total. The van der Waals surface area contributed by atoms with E-state index in [1.807, 2.05) is 18.4 Å². The highest BCUT2D eigenvalue weighted by molar-refractivity contribution is 5.95. The summed E-state index contributed by atoms with van der Waals surface area (Å²) < 4.78 is 12.4. The Morgan fingerprint density at radius 3 is 2.70 bits per heavy atom. The van der Waals surface area contributed by atoms with E-state index in [4.69, 9.17) is 9.15 Å². The van der Waals surface area contributed by atoms with E-state index in [0.29, 0.717) is 24.4 Å². The van der Waals surface area contributed by atoms with Crippen LogP contribution in [0, 0.1) is 13.8 Å². The summed E-state index contributed by atoms with van der Waals surface area (Å²) in [6.45, 7) is 6.90. The van der Waals surface area contributed by atoms with Gasteiger partial charge in [-0.1, -0.05) is 0 Å². The van der Waals surface area contributed by atoms with Crippen molar-refractivity contribution in [2.75, 3.05) is 26.7 Å². The van der Waals surface area contributed by atoms with Crippen LogP contribution in [0.5, 0.6) is 0 Å². The van der Waals surface area contributed by atoms with E-state index in [9.17, 15) is 9.90 Å². The second-order valence-electron chi connectivity index (χ2n) is 6.29. The first-order valence-corrected chi connectivity index (χ1v) is 8.09. The Bertz CT molecular complexity index is 710. The van der Waals surface area contributed by atoms with Crippen molar-refractivity contribution < 1.29 is 19.1 Å². The summed E-state index contributed by atoms with van der Waals surface area (Å²) in [5, 5.41) is 10.5. The first-order valence-electron chi connectivity index (χ1n) is 8.09. The topological polar surface area (TPSA) is 67.8 Å². The molecule has 0 aromatic carbocycles. The van der Waals surface area contributed by atoms with E-state index in [1.54, 1.807) is 6.07 Å². The maximum Gasteiger partial charge on any atom is 0.354 e. The number of aryl methyl sites for hydroxylation is 2. The minimum atomic E-state index is -0.540. The third-order valence-corrected chi connectivity index (χ3v) is 4.66. The summed E-state index contributed by atoms with van der Waals surface area (Å²) in [5.41, 5.74) is 2.94. The largest absolute Gasteiger partial charge is 0.464 e. The molecule has 0 spiro atoms. The van der Waals surface area contributed by atoms with Gasteiger partial charge in [-0.15, -0.1) is 0 Å². The molecule has 1 aliphatic rings. The summed E-state index contributed by atoms with van der Waals surface area (Å²) in [6, 6.07) is 1.70. The summed E-state index contributed by atoms with van der Waals surface area (Å²) in [5.74, 6) is 0.413. The van der Waals surface area contributed by atoms with E-state index in [1.165, 1.54) is 20.0 Å². The lowest BCUT2D eigenvalue weighted by atomic mass is 10.2. The number of ether oxygens (including phenoxy) is 1. The van der Waals surface area contributed by atoms with Gasteiger partial charge < -0.3 is 23.7 Å². The van der Waals surface area contributed by atoms with Gasteiger partial charge in [0.05, 0.1) is 25.3 Å². The molecular formula is C17H24N2O4. The van der Waals surface area contributed by atoms with E-state index in [-0.39, 0.29) is 0 Å². The van der Waals surface area contributed by atoms with Crippen LogP contribution in [0.4, 0.5) is 0 Å². The Hall–Kier alpha value is -1.79. The molecule has 1 fully saturated rings. The maximum absolute atomic E-state index is 12.0. The van der Waals surface area contributed by atoms with E-state index in [0.717, 1.165) is 29.9 Å². The monoisotopic (exact) mass is 320 g/mol. The number of hydrogen-bond acceptors (Lipinski definition) is 5. The van der Waals surface area contributed by atoms with Gasteiger partial charge in [0.15, 0.2) is 5.58 Å². The van der Waals surface area contributed by atoms with Gasteiger partial charge in [0, 0.05) is 18.2 Å². The molecule has 3 heterocycles. The van der Waals surface area contributed by atoms with E-state index >= 15 is 0 Å². The van der Waals surface area contributed by atoms with Crippen molar-refractivity contribution in [3.63, 3.8) is 0 Å². The Morgan fingerprint density at radius 2 is 2.04 bits per heavy atom. The minimum absolute atomic E-state index is 0.351. The number of likely N-dealkylation sites (tertiary alicyclic amines) is 1. The summed E-state index contributed by atoms with van der Waals surface area (Å²) >= 11 is 0. The lowest BCUT2D eigenvalue weighted by Crippen LogP contribution is -2.33. The lowest BCUT2D eigenvalue weighted by molar-refractivity contribution is 0.0580. The van der Waals surface area contributed by atoms with Crippen molar-refractivity contribution in [1.82, 2.24) is 9.47 Å². The number of furan rings is 1. The number of aromatic nitrogens is 1. The van der Waals surface area contributed by atoms with Crippen LogP contribution in [0.15, 0.2) is 10.5 Å². The molecule has 6 heteroatoms. The zero-order valence-corrected chi connectivity index (χ0v) is 14.0. The number of esters is 1. The van der Waals surface area contributed by atoms with Crippen LogP contribution in [0.1, 0.15) is 34.7 Å². The Balaban J connectivity index is 1.91. The lowest BCUT2D eigenvalue weighted by Gasteiger charge is -2.21. The van der Waals surface area contributed by atoms with Gasteiger partial charge in [0.2, 0.25) is 0 Å². The number of aliphatic hydroxyl groups is 1. The van der Waals surface area contributed by atoms with Gasteiger partial charge in [-0.05, 0) is 39.8 Å².